The number of hydrogen-bond donors (Lipinski definition) is 1. The summed E-state index contributed by atoms with van der Waals surface area (Å²) >= 11 is 0. The molecule has 1 saturated carbocycles. The van der Waals surface area contributed by atoms with Gasteiger partial charge in [-0.25, -0.2) is 13.1 Å². The molecule has 12 heavy (non-hydrogen) atoms. The fourth-order valence-electron chi connectivity index (χ4n) is 1.72. The SMILES string of the molecule is CNS(=O)(=O)C(C(C)C)C1CC1. The van der Waals surface area contributed by atoms with Crippen molar-refractivity contribution in [2.75, 3.05) is 7.05 Å². The summed E-state index contributed by atoms with van der Waals surface area (Å²) in [7, 11) is -1.55. The van der Waals surface area contributed by atoms with E-state index in [0.717, 1.165) is 12.8 Å². The molecule has 1 atom stereocenters. The van der Waals surface area contributed by atoms with Crippen molar-refractivity contribution in [1.29, 1.82) is 0 Å². The van der Waals surface area contributed by atoms with Crippen molar-refractivity contribution in [3.05, 3.63) is 0 Å². The van der Waals surface area contributed by atoms with Crippen molar-refractivity contribution in [3.63, 3.8) is 0 Å². The number of nitrogens with one attached hydrogen (secondary N) is 1. The minimum absolute atomic E-state index is 0.178. The maximum Gasteiger partial charge on any atom is 0.214 e. The van der Waals surface area contributed by atoms with Gasteiger partial charge in [-0.3, -0.25) is 0 Å². The van der Waals surface area contributed by atoms with Gasteiger partial charge in [-0.2, -0.15) is 0 Å². The number of hydrogen-bond acceptors (Lipinski definition) is 2. The maximum absolute atomic E-state index is 11.5. The average Bonchev–Trinajstić information content (AvgIpc) is 2.70. The van der Waals surface area contributed by atoms with Crippen LogP contribution in [0.4, 0.5) is 0 Å². The van der Waals surface area contributed by atoms with Gasteiger partial charge in [0.1, 0.15) is 0 Å². The van der Waals surface area contributed by atoms with Crippen LogP contribution in [0.15, 0.2) is 0 Å². The van der Waals surface area contributed by atoms with Crippen molar-refractivity contribution in [2.45, 2.75) is 31.9 Å². The highest BCUT2D eigenvalue weighted by molar-refractivity contribution is 7.90. The lowest BCUT2D eigenvalue weighted by Crippen LogP contribution is -2.36. The van der Waals surface area contributed by atoms with E-state index in [9.17, 15) is 8.42 Å². The smallest absolute Gasteiger partial charge is 0.214 e. The molecule has 1 aliphatic rings. The molecule has 3 nitrogen and oxygen atoms in total. The van der Waals surface area contributed by atoms with Gasteiger partial charge in [-0.05, 0) is 31.7 Å². The second kappa shape index (κ2) is 3.34. The Labute approximate surface area is 74.6 Å². The Morgan fingerprint density at radius 1 is 1.33 bits per heavy atom. The molecule has 0 aromatic heterocycles. The third-order valence-electron chi connectivity index (χ3n) is 2.39. The predicted molar refractivity (Wildman–Crippen MR) is 49.3 cm³/mol. The molecule has 0 saturated heterocycles. The Morgan fingerprint density at radius 3 is 2.08 bits per heavy atom. The Balaban J connectivity index is 2.78. The molecule has 0 aromatic carbocycles. The summed E-state index contributed by atoms with van der Waals surface area (Å²) in [6.45, 7) is 3.94. The van der Waals surface area contributed by atoms with Gasteiger partial charge in [0.25, 0.3) is 0 Å². The lowest BCUT2D eigenvalue weighted by atomic mass is 10.1. The summed E-state index contributed by atoms with van der Waals surface area (Å²) in [5.41, 5.74) is 0. The van der Waals surface area contributed by atoms with Gasteiger partial charge in [-0.15, -0.1) is 0 Å². The molecule has 1 aliphatic carbocycles. The largest absolute Gasteiger partial charge is 0.218 e. The molecule has 0 radical (unpaired) electrons. The Morgan fingerprint density at radius 2 is 1.83 bits per heavy atom. The van der Waals surface area contributed by atoms with Crippen molar-refractivity contribution >= 4 is 10.0 Å². The molecule has 0 aliphatic heterocycles. The molecule has 0 amide bonds. The van der Waals surface area contributed by atoms with E-state index in [-0.39, 0.29) is 11.2 Å². The van der Waals surface area contributed by atoms with Crippen LogP contribution in [0.3, 0.4) is 0 Å². The zero-order valence-electron chi connectivity index (χ0n) is 7.87. The first kappa shape index (κ1) is 9.99. The van der Waals surface area contributed by atoms with Crippen LogP contribution in [-0.4, -0.2) is 20.7 Å². The van der Waals surface area contributed by atoms with Crippen molar-refractivity contribution in [3.8, 4) is 0 Å². The van der Waals surface area contributed by atoms with Crippen molar-refractivity contribution < 1.29 is 8.42 Å². The Bertz CT molecular complexity index is 240. The monoisotopic (exact) mass is 191 g/mol. The molecule has 0 spiro atoms. The highest BCUT2D eigenvalue weighted by Gasteiger charge is 2.41. The molecular weight excluding hydrogens is 174 g/mol. The molecule has 0 aromatic rings. The second-order valence-corrected chi connectivity index (χ2v) is 5.84. The van der Waals surface area contributed by atoms with Gasteiger partial charge in [0.15, 0.2) is 0 Å². The highest BCUT2D eigenvalue weighted by atomic mass is 32.2. The summed E-state index contributed by atoms with van der Waals surface area (Å²) in [5.74, 6) is 0.623. The maximum atomic E-state index is 11.5. The Kier molecular flexibility index (Phi) is 2.78. The fourth-order valence-corrected chi connectivity index (χ4v) is 3.48. The first-order chi connectivity index (χ1) is 5.49. The fraction of sp³-hybridized carbons (Fsp3) is 1.00. The molecule has 1 fully saturated rings. The molecule has 1 N–H and O–H groups in total. The summed E-state index contributed by atoms with van der Waals surface area (Å²) in [6.07, 6.45) is 2.15. The standard InChI is InChI=1S/C8H17NO2S/c1-6(2)8(7-4-5-7)12(10,11)9-3/h6-9H,4-5H2,1-3H3. The minimum Gasteiger partial charge on any atom is -0.218 e. The number of sulfonamides is 1. The minimum atomic E-state index is -3.05. The summed E-state index contributed by atoms with van der Waals surface area (Å²) < 4.78 is 25.4. The van der Waals surface area contributed by atoms with Crippen LogP contribution >= 0.6 is 0 Å². The lowest BCUT2D eigenvalue weighted by Gasteiger charge is -2.19. The van der Waals surface area contributed by atoms with E-state index in [4.69, 9.17) is 0 Å². The van der Waals surface area contributed by atoms with Crippen LogP contribution in [0.25, 0.3) is 0 Å². The normalized spacial score (nSPS) is 21.3. The van der Waals surface area contributed by atoms with Crippen LogP contribution in [0.2, 0.25) is 0 Å². The first-order valence-corrected chi connectivity index (χ1v) is 5.96. The molecular formula is C8H17NO2S. The predicted octanol–water partition coefficient (Wildman–Crippen LogP) is 0.970. The van der Waals surface area contributed by atoms with E-state index >= 15 is 0 Å². The van der Waals surface area contributed by atoms with Crippen LogP contribution in [0.1, 0.15) is 26.7 Å². The molecule has 72 valence electrons. The molecule has 0 bridgehead atoms. The summed E-state index contributed by atoms with van der Waals surface area (Å²) in [4.78, 5) is 0. The third kappa shape index (κ3) is 1.98. The lowest BCUT2D eigenvalue weighted by molar-refractivity contribution is 0.495. The second-order valence-electron chi connectivity index (χ2n) is 3.80. The van der Waals surface area contributed by atoms with Gasteiger partial charge in [0, 0.05) is 0 Å². The zero-order chi connectivity index (χ0) is 9.35. The highest BCUT2D eigenvalue weighted by Crippen LogP contribution is 2.39. The van der Waals surface area contributed by atoms with E-state index in [0.29, 0.717) is 5.92 Å². The first-order valence-electron chi connectivity index (χ1n) is 4.41. The average molecular weight is 191 g/mol. The van der Waals surface area contributed by atoms with Gasteiger partial charge in [0.05, 0.1) is 5.25 Å². The Hall–Kier alpha value is -0.0900. The van der Waals surface area contributed by atoms with Gasteiger partial charge in [0.2, 0.25) is 10.0 Å². The van der Waals surface area contributed by atoms with E-state index < -0.39 is 10.0 Å². The van der Waals surface area contributed by atoms with Crippen molar-refractivity contribution in [1.82, 2.24) is 4.72 Å². The van der Waals surface area contributed by atoms with E-state index in [2.05, 4.69) is 4.72 Å². The summed E-state index contributed by atoms with van der Waals surface area (Å²) in [6, 6.07) is 0. The molecule has 1 rings (SSSR count). The zero-order valence-corrected chi connectivity index (χ0v) is 8.69. The van der Waals surface area contributed by atoms with E-state index in [1.165, 1.54) is 7.05 Å². The van der Waals surface area contributed by atoms with Crippen LogP contribution in [0, 0.1) is 11.8 Å². The van der Waals surface area contributed by atoms with Crippen molar-refractivity contribution in [2.24, 2.45) is 11.8 Å². The van der Waals surface area contributed by atoms with Gasteiger partial charge in [-0.1, -0.05) is 13.8 Å². The third-order valence-corrected chi connectivity index (χ3v) is 4.60. The van der Waals surface area contributed by atoms with Gasteiger partial charge >= 0.3 is 0 Å². The number of rotatable bonds is 4. The van der Waals surface area contributed by atoms with E-state index in [1.807, 2.05) is 13.8 Å². The topological polar surface area (TPSA) is 46.2 Å². The van der Waals surface area contributed by atoms with Crippen LogP contribution < -0.4 is 4.72 Å². The molecule has 1 unspecified atom stereocenters. The molecule has 0 heterocycles. The quantitative estimate of drug-likeness (QED) is 0.719. The van der Waals surface area contributed by atoms with Crippen LogP contribution in [-0.2, 0) is 10.0 Å². The van der Waals surface area contributed by atoms with Crippen LogP contribution in [0.5, 0.6) is 0 Å². The van der Waals surface area contributed by atoms with E-state index in [1.54, 1.807) is 0 Å². The summed E-state index contributed by atoms with van der Waals surface area (Å²) in [5, 5.41) is -0.178. The van der Waals surface area contributed by atoms with Gasteiger partial charge < -0.3 is 0 Å². The molecule has 4 heteroatoms.